The molecule has 0 saturated heterocycles. The normalized spacial score (nSPS) is 15.1. The highest BCUT2D eigenvalue weighted by Crippen LogP contribution is 2.35. The summed E-state index contributed by atoms with van der Waals surface area (Å²) in [6, 6.07) is 6.74. The summed E-state index contributed by atoms with van der Waals surface area (Å²) in [6.07, 6.45) is -3.90. The number of halogens is 3. The van der Waals surface area contributed by atoms with E-state index in [4.69, 9.17) is 4.42 Å². The van der Waals surface area contributed by atoms with Gasteiger partial charge in [0.15, 0.2) is 0 Å². The van der Waals surface area contributed by atoms with E-state index in [1.807, 2.05) is 0 Å². The van der Waals surface area contributed by atoms with Crippen molar-refractivity contribution in [3.05, 3.63) is 58.8 Å². The molecule has 27 heavy (non-hydrogen) atoms. The van der Waals surface area contributed by atoms with E-state index in [0.717, 1.165) is 30.0 Å². The highest BCUT2D eigenvalue weighted by atomic mass is 32.2. The van der Waals surface area contributed by atoms with E-state index in [9.17, 15) is 21.6 Å². The number of alkyl halides is 3. The molecule has 8 heteroatoms. The Bertz CT molecular complexity index is 1150. The van der Waals surface area contributed by atoms with Gasteiger partial charge in [0.1, 0.15) is 11.3 Å². The summed E-state index contributed by atoms with van der Waals surface area (Å²) in [5, 5.41) is 3.90. The Hall–Kier alpha value is -2.32. The number of hydrogen-bond donors (Lipinski definition) is 1. The van der Waals surface area contributed by atoms with Gasteiger partial charge in [0, 0.05) is 30.5 Å². The van der Waals surface area contributed by atoms with Crippen LogP contribution in [0.1, 0.15) is 22.5 Å². The van der Waals surface area contributed by atoms with Gasteiger partial charge in [-0.3, -0.25) is 0 Å². The van der Waals surface area contributed by atoms with Crippen LogP contribution in [0.15, 0.2) is 50.6 Å². The molecule has 1 aliphatic rings. The minimum Gasteiger partial charge on any atom is -0.460 e. The highest BCUT2D eigenvalue weighted by molar-refractivity contribution is 7.91. The number of aryl methyl sites for hydroxylation is 1. The Morgan fingerprint density at radius 2 is 1.89 bits per heavy atom. The van der Waals surface area contributed by atoms with E-state index >= 15 is 0 Å². The van der Waals surface area contributed by atoms with Gasteiger partial charge < -0.3 is 9.73 Å². The van der Waals surface area contributed by atoms with E-state index in [0.29, 0.717) is 35.6 Å². The fourth-order valence-electron chi connectivity index (χ4n) is 3.38. The molecule has 0 fully saturated rings. The molecule has 4 nitrogen and oxygen atoms in total. The molecule has 2 aromatic carbocycles. The maximum atomic E-state index is 13.0. The fraction of sp³-hybridized carbons (Fsp3) is 0.263. The van der Waals surface area contributed by atoms with Crippen molar-refractivity contribution in [1.82, 2.24) is 5.32 Å². The van der Waals surface area contributed by atoms with Gasteiger partial charge >= 0.3 is 6.18 Å². The largest absolute Gasteiger partial charge is 0.460 e. The molecule has 0 atom stereocenters. The minimum absolute atomic E-state index is 0.0407. The quantitative estimate of drug-likeness (QED) is 0.705. The van der Waals surface area contributed by atoms with Crippen LogP contribution < -0.4 is 5.32 Å². The summed E-state index contributed by atoms with van der Waals surface area (Å²) >= 11 is 0. The third kappa shape index (κ3) is 3.02. The van der Waals surface area contributed by atoms with Crippen molar-refractivity contribution in [2.45, 2.75) is 35.9 Å². The molecular weight excluding hydrogens is 379 g/mol. The second-order valence-corrected chi connectivity index (χ2v) is 8.53. The molecule has 0 aliphatic carbocycles. The number of rotatable bonds is 2. The molecule has 0 spiro atoms. The summed E-state index contributed by atoms with van der Waals surface area (Å²) in [5.41, 5.74) is 1.16. The van der Waals surface area contributed by atoms with Crippen molar-refractivity contribution < 1.29 is 26.0 Å². The molecule has 1 aromatic heterocycles. The molecule has 0 bridgehead atoms. The summed E-state index contributed by atoms with van der Waals surface area (Å²) in [7, 11) is -4.10. The first-order valence-electron chi connectivity index (χ1n) is 8.36. The van der Waals surface area contributed by atoms with E-state index in [1.165, 1.54) is 18.2 Å². The average molecular weight is 395 g/mol. The van der Waals surface area contributed by atoms with Gasteiger partial charge in [-0.2, -0.15) is 13.2 Å². The van der Waals surface area contributed by atoms with Gasteiger partial charge in [0.25, 0.3) is 0 Å². The lowest BCUT2D eigenvalue weighted by molar-refractivity contribution is -0.137. The molecular formula is C19H16F3NO3S. The number of sulfone groups is 1. The van der Waals surface area contributed by atoms with E-state index in [1.54, 1.807) is 6.92 Å². The average Bonchev–Trinajstić information content (AvgIpc) is 3.01. The second-order valence-electron chi connectivity index (χ2n) is 6.58. The summed E-state index contributed by atoms with van der Waals surface area (Å²) in [5.74, 6) is 0.820. The molecule has 142 valence electrons. The number of benzene rings is 2. The van der Waals surface area contributed by atoms with Crippen molar-refractivity contribution >= 4 is 20.8 Å². The Labute approximate surface area is 153 Å². The molecule has 4 rings (SSSR count). The smallest absolute Gasteiger partial charge is 0.416 e. The molecule has 1 aliphatic heterocycles. The van der Waals surface area contributed by atoms with E-state index in [2.05, 4.69) is 5.32 Å². The third-order valence-corrected chi connectivity index (χ3v) is 6.48. The third-order valence-electron chi connectivity index (χ3n) is 4.75. The lowest BCUT2D eigenvalue weighted by Gasteiger charge is -2.12. The van der Waals surface area contributed by atoms with Crippen LogP contribution in [0.5, 0.6) is 0 Å². The Morgan fingerprint density at radius 1 is 1.11 bits per heavy atom. The van der Waals surface area contributed by atoms with Crippen molar-refractivity contribution in [3.8, 4) is 0 Å². The minimum atomic E-state index is -4.61. The van der Waals surface area contributed by atoms with Crippen molar-refractivity contribution in [2.24, 2.45) is 0 Å². The lowest BCUT2D eigenvalue weighted by Crippen LogP contribution is -2.22. The Balaban J connectivity index is 1.89. The van der Waals surface area contributed by atoms with Crippen LogP contribution in [0.2, 0.25) is 0 Å². The molecule has 0 radical (unpaired) electrons. The predicted octanol–water partition coefficient (Wildman–Crippen LogP) is 4.24. The standard InChI is InChI=1S/C19H16F3NO3S/c1-11-7-14(9-15-16-10-23-6-5-17(16)26-18(11)15)27(24,25)13-4-2-3-12(8-13)19(20,21)22/h2-4,7-9,23H,5-6,10H2,1H3. The van der Waals surface area contributed by atoms with Gasteiger partial charge in [0.05, 0.1) is 15.4 Å². The summed E-state index contributed by atoms with van der Waals surface area (Å²) in [6.45, 7) is 3.08. The van der Waals surface area contributed by atoms with Crippen molar-refractivity contribution in [2.75, 3.05) is 6.54 Å². The first kappa shape index (κ1) is 18.1. The van der Waals surface area contributed by atoms with E-state index < -0.39 is 21.6 Å². The van der Waals surface area contributed by atoms with Crippen molar-refractivity contribution in [3.63, 3.8) is 0 Å². The van der Waals surface area contributed by atoms with Gasteiger partial charge in [-0.15, -0.1) is 0 Å². The van der Waals surface area contributed by atoms with Gasteiger partial charge in [-0.1, -0.05) is 6.07 Å². The molecule has 0 saturated carbocycles. The zero-order chi connectivity index (χ0) is 19.4. The second kappa shape index (κ2) is 6.10. The molecule has 0 unspecified atom stereocenters. The summed E-state index contributed by atoms with van der Waals surface area (Å²) in [4.78, 5) is -0.424. The first-order valence-corrected chi connectivity index (χ1v) is 9.84. The van der Waals surface area contributed by atoms with Crippen LogP contribution in [0.4, 0.5) is 13.2 Å². The maximum Gasteiger partial charge on any atom is 0.416 e. The fourth-order valence-corrected chi connectivity index (χ4v) is 4.79. The number of furan rings is 1. The SMILES string of the molecule is Cc1cc(S(=O)(=O)c2cccc(C(F)(F)F)c2)cc2c3c(oc12)CCNC3. The summed E-state index contributed by atoms with van der Waals surface area (Å²) < 4.78 is 70.7. The Kier molecular flexibility index (Phi) is 4.08. The van der Waals surface area contributed by atoms with Crippen molar-refractivity contribution in [1.29, 1.82) is 0 Å². The van der Waals surface area contributed by atoms with Gasteiger partial charge in [0.2, 0.25) is 9.84 Å². The molecule has 1 N–H and O–H groups in total. The van der Waals surface area contributed by atoms with Gasteiger partial charge in [-0.05, 0) is 42.8 Å². The van der Waals surface area contributed by atoms with Crippen LogP contribution in [0, 0.1) is 6.92 Å². The lowest BCUT2D eigenvalue weighted by atomic mass is 10.0. The number of nitrogens with one attached hydrogen (secondary N) is 1. The first-order chi connectivity index (χ1) is 12.7. The number of hydrogen-bond acceptors (Lipinski definition) is 4. The molecule has 3 aromatic rings. The number of fused-ring (bicyclic) bond motifs is 3. The molecule has 2 heterocycles. The van der Waals surface area contributed by atoms with E-state index in [-0.39, 0.29) is 9.79 Å². The highest BCUT2D eigenvalue weighted by Gasteiger charge is 2.32. The van der Waals surface area contributed by atoms with Crippen LogP contribution in [0.3, 0.4) is 0 Å². The van der Waals surface area contributed by atoms with Crippen LogP contribution in [-0.2, 0) is 29.0 Å². The Morgan fingerprint density at radius 3 is 2.63 bits per heavy atom. The van der Waals surface area contributed by atoms with Crippen LogP contribution in [0.25, 0.3) is 11.0 Å². The maximum absolute atomic E-state index is 13.0. The van der Waals surface area contributed by atoms with Gasteiger partial charge in [-0.25, -0.2) is 8.42 Å². The van der Waals surface area contributed by atoms with Crippen LogP contribution in [-0.4, -0.2) is 15.0 Å². The zero-order valence-electron chi connectivity index (χ0n) is 14.4. The topological polar surface area (TPSA) is 59.3 Å². The zero-order valence-corrected chi connectivity index (χ0v) is 15.2. The van der Waals surface area contributed by atoms with Crippen LogP contribution >= 0.6 is 0 Å². The predicted molar refractivity (Wildman–Crippen MR) is 93.3 cm³/mol. The molecule has 0 amide bonds. The monoisotopic (exact) mass is 395 g/mol.